The van der Waals surface area contributed by atoms with Crippen molar-refractivity contribution in [1.82, 2.24) is 15.3 Å². The van der Waals surface area contributed by atoms with Gasteiger partial charge >= 0.3 is 5.97 Å². The van der Waals surface area contributed by atoms with Gasteiger partial charge in [-0.3, -0.25) is 4.79 Å². The third kappa shape index (κ3) is 3.21. The normalized spacial score (nSPS) is 13.2. The smallest absolute Gasteiger partial charge is 0.334 e. The fourth-order valence-corrected chi connectivity index (χ4v) is 2.48. The first kappa shape index (κ1) is 16.6. The van der Waals surface area contributed by atoms with E-state index in [4.69, 9.17) is 0 Å². The molecule has 0 saturated heterocycles. The van der Waals surface area contributed by atoms with Crippen molar-refractivity contribution in [2.45, 2.75) is 32.7 Å². The summed E-state index contributed by atoms with van der Waals surface area (Å²) in [5.74, 6) is -1.05. The van der Waals surface area contributed by atoms with E-state index in [0.29, 0.717) is 17.1 Å². The van der Waals surface area contributed by atoms with Crippen LogP contribution >= 0.6 is 0 Å². The second kappa shape index (κ2) is 6.56. The second-order valence-electron chi connectivity index (χ2n) is 5.30. The highest BCUT2D eigenvalue weighted by Crippen LogP contribution is 2.26. The van der Waals surface area contributed by atoms with Crippen LogP contribution in [0.2, 0.25) is 0 Å². The fourth-order valence-electron chi connectivity index (χ4n) is 2.48. The fraction of sp³-hybridized carbons (Fsp3) is 0.294. The number of rotatable bonds is 5. The Kier molecular flexibility index (Phi) is 4.74. The van der Waals surface area contributed by atoms with Crippen molar-refractivity contribution in [1.29, 1.82) is 0 Å². The number of hydrogen-bond acceptors (Lipinski definition) is 4. The highest BCUT2D eigenvalue weighted by molar-refractivity contribution is 5.98. The summed E-state index contributed by atoms with van der Waals surface area (Å²) in [7, 11) is 0. The number of hydrogen-bond donors (Lipinski definition) is 2. The first-order valence-electron chi connectivity index (χ1n) is 7.32. The van der Waals surface area contributed by atoms with Gasteiger partial charge in [0.1, 0.15) is 5.82 Å². The van der Waals surface area contributed by atoms with Gasteiger partial charge in [0.15, 0.2) is 5.54 Å². The Labute approximate surface area is 134 Å². The lowest BCUT2D eigenvalue weighted by molar-refractivity contribution is -0.145. The average Bonchev–Trinajstić information content (AvgIpc) is 2.53. The molecule has 0 bridgehead atoms. The monoisotopic (exact) mass is 313 g/mol. The SMILES string of the molecule is CCC(NC(=O)c1cnc(C)nc1C)(C(=O)O)c1ccccc1. The van der Waals surface area contributed by atoms with Crippen LogP contribution in [0.15, 0.2) is 36.5 Å². The summed E-state index contributed by atoms with van der Waals surface area (Å²) < 4.78 is 0. The van der Waals surface area contributed by atoms with Gasteiger partial charge in [0, 0.05) is 6.20 Å². The minimum Gasteiger partial charge on any atom is -0.479 e. The van der Waals surface area contributed by atoms with E-state index >= 15 is 0 Å². The zero-order chi connectivity index (χ0) is 17.0. The molecule has 1 unspecified atom stereocenters. The van der Waals surface area contributed by atoms with Crippen LogP contribution in [-0.4, -0.2) is 27.0 Å². The van der Waals surface area contributed by atoms with E-state index in [1.807, 2.05) is 0 Å². The van der Waals surface area contributed by atoms with E-state index in [1.54, 1.807) is 51.1 Å². The number of aromatic nitrogens is 2. The van der Waals surface area contributed by atoms with Crippen LogP contribution in [0.1, 0.15) is 40.8 Å². The Morgan fingerprint density at radius 3 is 2.39 bits per heavy atom. The summed E-state index contributed by atoms with van der Waals surface area (Å²) in [5.41, 5.74) is -0.187. The molecule has 6 heteroatoms. The molecule has 0 radical (unpaired) electrons. The summed E-state index contributed by atoms with van der Waals surface area (Å²) >= 11 is 0. The zero-order valence-corrected chi connectivity index (χ0v) is 13.3. The molecule has 1 atom stereocenters. The number of benzene rings is 1. The third-order valence-corrected chi connectivity index (χ3v) is 3.83. The Bertz CT molecular complexity index is 731. The topological polar surface area (TPSA) is 92.2 Å². The van der Waals surface area contributed by atoms with E-state index in [9.17, 15) is 14.7 Å². The molecular formula is C17H19N3O3. The molecule has 0 aliphatic carbocycles. The number of aryl methyl sites for hydroxylation is 2. The van der Waals surface area contributed by atoms with Crippen LogP contribution in [0.5, 0.6) is 0 Å². The summed E-state index contributed by atoms with van der Waals surface area (Å²) in [5, 5.41) is 12.4. The van der Waals surface area contributed by atoms with Crippen LogP contribution in [0.25, 0.3) is 0 Å². The van der Waals surface area contributed by atoms with Crippen molar-refractivity contribution < 1.29 is 14.7 Å². The van der Waals surface area contributed by atoms with Crippen LogP contribution in [0, 0.1) is 13.8 Å². The summed E-state index contributed by atoms with van der Waals surface area (Å²) in [4.78, 5) is 32.7. The van der Waals surface area contributed by atoms with E-state index in [-0.39, 0.29) is 12.0 Å². The maximum atomic E-state index is 12.6. The standard InChI is InChI=1S/C17H19N3O3/c1-4-17(16(22)23,13-8-6-5-7-9-13)20-15(21)14-10-18-12(3)19-11(14)2/h5-10H,4H2,1-3H3,(H,20,21)(H,22,23). The molecule has 0 saturated carbocycles. The number of carbonyl (C=O) groups is 2. The number of nitrogens with one attached hydrogen (secondary N) is 1. The minimum atomic E-state index is -1.49. The molecular weight excluding hydrogens is 294 g/mol. The molecule has 6 nitrogen and oxygen atoms in total. The van der Waals surface area contributed by atoms with Gasteiger partial charge in [0.25, 0.3) is 5.91 Å². The van der Waals surface area contributed by atoms with Crippen LogP contribution in [0.4, 0.5) is 0 Å². The van der Waals surface area contributed by atoms with Gasteiger partial charge in [-0.1, -0.05) is 37.3 Å². The molecule has 0 aliphatic heterocycles. The lowest BCUT2D eigenvalue weighted by Crippen LogP contribution is -2.51. The Morgan fingerprint density at radius 2 is 1.87 bits per heavy atom. The van der Waals surface area contributed by atoms with E-state index in [1.165, 1.54) is 6.20 Å². The summed E-state index contributed by atoms with van der Waals surface area (Å²) in [6.07, 6.45) is 1.63. The van der Waals surface area contributed by atoms with Crippen molar-refractivity contribution in [2.75, 3.05) is 0 Å². The predicted molar refractivity (Wildman–Crippen MR) is 85.0 cm³/mol. The molecule has 0 aliphatic rings. The Hall–Kier alpha value is -2.76. The number of nitrogens with zero attached hydrogens (tertiary/aromatic N) is 2. The van der Waals surface area contributed by atoms with E-state index < -0.39 is 17.4 Å². The largest absolute Gasteiger partial charge is 0.479 e. The van der Waals surface area contributed by atoms with Crippen molar-refractivity contribution in [3.05, 3.63) is 59.2 Å². The molecule has 2 N–H and O–H groups in total. The third-order valence-electron chi connectivity index (χ3n) is 3.83. The number of carboxylic acids is 1. The van der Waals surface area contributed by atoms with Gasteiger partial charge in [0.05, 0.1) is 11.3 Å². The van der Waals surface area contributed by atoms with Crippen LogP contribution in [-0.2, 0) is 10.3 Å². The predicted octanol–water partition coefficient (Wildman–Crippen LogP) is 2.21. The van der Waals surface area contributed by atoms with E-state index in [2.05, 4.69) is 15.3 Å². The molecule has 1 heterocycles. The van der Waals surface area contributed by atoms with Gasteiger partial charge in [-0.05, 0) is 25.8 Å². The van der Waals surface area contributed by atoms with Gasteiger partial charge in [0.2, 0.25) is 0 Å². The molecule has 2 aromatic rings. The number of amides is 1. The minimum absolute atomic E-state index is 0.212. The number of carboxylic acid groups (broad SMARTS) is 1. The van der Waals surface area contributed by atoms with Gasteiger partial charge in [-0.25, -0.2) is 14.8 Å². The first-order valence-corrected chi connectivity index (χ1v) is 7.32. The second-order valence-corrected chi connectivity index (χ2v) is 5.30. The zero-order valence-electron chi connectivity index (χ0n) is 13.3. The number of carbonyl (C=O) groups excluding carboxylic acids is 1. The van der Waals surface area contributed by atoms with E-state index in [0.717, 1.165) is 0 Å². The lowest BCUT2D eigenvalue weighted by Gasteiger charge is -2.30. The van der Waals surface area contributed by atoms with Gasteiger partial charge in [-0.2, -0.15) is 0 Å². The van der Waals surface area contributed by atoms with Crippen molar-refractivity contribution in [3.63, 3.8) is 0 Å². The molecule has 120 valence electrons. The number of aliphatic carboxylic acids is 1. The highest BCUT2D eigenvalue weighted by atomic mass is 16.4. The molecule has 0 fully saturated rings. The van der Waals surface area contributed by atoms with Gasteiger partial charge in [-0.15, -0.1) is 0 Å². The van der Waals surface area contributed by atoms with Crippen LogP contribution in [0.3, 0.4) is 0 Å². The molecule has 2 rings (SSSR count). The summed E-state index contributed by atoms with van der Waals surface area (Å²) in [6.45, 7) is 5.15. The van der Waals surface area contributed by atoms with Gasteiger partial charge < -0.3 is 10.4 Å². The lowest BCUT2D eigenvalue weighted by atomic mass is 9.87. The molecule has 1 aromatic carbocycles. The Balaban J connectivity index is 2.42. The maximum absolute atomic E-state index is 12.6. The van der Waals surface area contributed by atoms with Crippen LogP contribution < -0.4 is 5.32 Å². The molecule has 23 heavy (non-hydrogen) atoms. The molecule has 0 spiro atoms. The molecule has 1 amide bonds. The molecule has 1 aromatic heterocycles. The Morgan fingerprint density at radius 1 is 1.22 bits per heavy atom. The van der Waals surface area contributed by atoms with Crippen molar-refractivity contribution in [3.8, 4) is 0 Å². The summed E-state index contributed by atoms with van der Waals surface area (Å²) in [6, 6.07) is 8.67. The van der Waals surface area contributed by atoms with Crippen molar-refractivity contribution in [2.24, 2.45) is 0 Å². The highest BCUT2D eigenvalue weighted by Gasteiger charge is 2.40. The quantitative estimate of drug-likeness (QED) is 0.883. The average molecular weight is 313 g/mol. The first-order chi connectivity index (χ1) is 10.9. The van der Waals surface area contributed by atoms with Crippen molar-refractivity contribution >= 4 is 11.9 Å². The maximum Gasteiger partial charge on any atom is 0.334 e.